The topological polar surface area (TPSA) is 121 Å². The van der Waals surface area contributed by atoms with Gasteiger partial charge < -0.3 is 21.3 Å². The minimum atomic E-state index is -2.88. The molecule has 0 radical (unpaired) electrons. The second-order valence-corrected chi connectivity index (χ2v) is 11.6. The fraction of sp³-hybridized carbons (Fsp3) is 0.400. The van der Waals surface area contributed by atoms with Crippen molar-refractivity contribution in [2.75, 3.05) is 4.90 Å². The largest absolute Gasteiger partial charge is 0.399 e. The van der Waals surface area contributed by atoms with Gasteiger partial charge in [0.2, 0.25) is 5.91 Å². The van der Waals surface area contributed by atoms with Crippen LogP contribution in [0.2, 0.25) is 0 Å². The molecule has 3 atom stereocenters. The molecule has 2 fully saturated rings. The number of hydrogen-bond acceptors (Lipinski definition) is 6. The Bertz CT molecular complexity index is 1520. The summed E-state index contributed by atoms with van der Waals surface area (Å²) in [7, 11) is 0. The monoisotopic (exact) mass is 580 g/mol. The lowest BCUT2D eigenvalue weighted by Crippen LogP contribution is -2.66. The Morgan fingerprint density at radius 3 is 2.67 bits per heavy atom. The molecular formula is C30H31F3N6O3. The molecule has 2 aliphatic carbocycles. The summed E-state index contributed by atoms with van der Waals surface area (Å²) in [4.78, 5) is 49.1. The van der Waals surface area contributed by atoms with Crippen LogP contribution >= 0.6 is 0 Å². The van der Waals surface area contributed by atoms with Crippen LogP contribution in [0.3, 0.4) is 0 Å². The average Bonchev–Trinajstić information content (AvgIpc) is 3.50. The molecule has 1 saturated heterocycles. The molecule has 1 aromatic carbocycles. The molecular weight excluding hydrogens is 549 g/mol. The van der Waals surface area contributed by atoms with Crippen LogP contribution in [0.5, 0.6) is 0 Å². The number of amides is 3. The van der Waals surface area contributed by atoms with E-state index in [-0.39, 0.29) is 30.9 Å². The number of rotatable bonds is 6. The van der Waals surface area contributed by atoms with E-state index < -0.39 is 59.7 Å². The molecule has 2 aromatic rings. The van der Waals surface area contributed by atoms with Crippen LogP contribution in [0, 0.1) is 5.82 Å². The number of benzene rings is 1. The Hall–Kier alpha value is -4.35. The number of anilines is 1. The van der Waals surface area contributed by atoms with E-state index in [4.69, 9.17) is 5.73 Å². The maximum atomic E-state index is 14.8. The number of halogens is 3. The predicted molar refractivity (Wildman–Crippen MR) is 147 cm³/mol. The first-order valence-electron chi connectivity index (χ1n) is 13.9. The van der Waals surface area contributed by atoms with Gasteiger partial charge >= 0.3 is 0 Å². The Kier molecular flexibility index (Phi) is 6.54. The van der Waals surface area contributed by atoms with Crippen molar-refractivity contribution in [1.82, 2.24) is 20.5 Å². The lowest BCUT2D eigenvalue weighted by Gasteiger charge is -2.47. The van der Waals surface area contributed by atoms with Gasteiger partial charge in [-0.3, -0.25) is 24.3 Å². The molecule has 4 aliphatic rings. The van der Waals surface area contributed by atoms with Crippen molar-refractivity contribution in [1.29, 1.82) is 0 Å². The molecule has 1 unspecified atom stereocenters. The summed E-state index contributed by atoms with van der Waals surface area (Å²) in [5.41, 5.74) is 4.92. The molecule has 12 heteroatoms. The second kappa shape index (κ2) is 9.88. The SMILES string of the molecule is CC1(N2C(=O)CC[C@H]2C(=O)N(c2cncc(F)c2)[C@]2(C(=O)NC3CC(F)(F)C3)CCc3ccccc32)C=C(N)C=CN1. The van der Waals surface area contributed by atoms with Gasteiger partial charge in [-0.2, -0.15) is 0 Å². The van der Waals surface area contributed by atoms with Gasteiger partial charge in [0.1, 0.15) is 17.5 Å². The van der Waals surface area contributed by atoms with Gasteiger partial charge in [-0.15, -0.1) is 0 Å². The highest BCUT2D eigenvalue weighted by Gasteiger charge is 2.58. The molecule has 1 saturated carbocycles. The third-order valence-corrected chi connectivity index (χ3v) is 8.67. The van der Waals surface area contributed by atoms with Gasteiger partial charge in [0.05, 0.1) is 18.1 Å². The first-order chi connectivity index (χ1) is 19.9. The number of aromatic nitrogens is 1. The third kappa shape index (κ3) is 4.49. The number of likely N-dealkylation sites (tertiary alicyclic amines) is 1. The van der Waals surface area contributed by atoms with Gasteiger partial charge in [-0.1, -0.05) is 24.3 Å². The summed E-state index contributed by atoms with van der Waals surface area (Å²) in [5, 5.41) is 5.86. The fourth-order valence-corrected chi connectivity index (χ4v) is 6.80. The van der Waals surface area contributed by atoms with Crippen molar-refractivity contribution in [2.45, 2.75) is 74.7 Å². The number of dihydropyridines is 1. The van der Waals surface area contributed by atoms with E-state index in [1.165, 1.54) is 16.0 Å². The van der Waals surface area contributed by atoms with Gasteiger partial charge in [0.15, 0.2) is 5.54 Å². The van der Waals surface area contributed by atoms with E-state index in [9.17, 15) is 27.6 Å². The number of aryl methyl sites for hydroxylation is 1. The Balaban J connectivity index is 1.48. The third-order valence-electron chi connectivity index (χ3n) is 8.67. The Labute approximate surface area is 240 Å². The van der Waals surface area contributed by atoms with E-state index in [0.717, 1.165) is 17.8 Å². The lowest BCUT2D eigenvalue weighted by atomic mass is 9.83. The number of hydrogen-bond donors (Lipinski definition) is 3. The summed E-state index contributed by atoms with van der Waals surface area (Å²) in [6, 6.07) is 6.38. The normalized spacial score (nSPS) is 28.0. The summed E-state index contributed by atoms with van der Waals surface area (Å²) in [6.45, 7) is 1.71. The van der Waals surface area contributed by atoms with E-state index in [0.29, 0.717) is 17.7 Å². The molecule has 3 heterocycles. The molecule has 4 N–H and O–H groups in total. The van der Waals surface area contributed by atoms with Crippen LogP contribution in [0.15, 0.2) is 66.8 Å². The van der Waals surface area contributed by atoms with Crippen molar-refractivity contribution in [3.63, 3.8) is 0 Å². The Morgan fingerprint density at radius 1 is 1.19 bits per heavy atom. The molecule has 2 aliphatic heterocycles. The standard InChI is InChI=1S/C30H31F3N6O3/c1-28(13-20(34)9-11-36-28)39-24(6-7-25(39)40)26(41)38(22-12-19(31)16-35-17-22)30(10-8-18-4-2-3-5-23(18)30)27(42)37-21-14-29(32,33)15-21/h2-5,9,11-13,16-17,21,24,36H,6-8,10,14-15,34H2,1H3,(H,37,42)/t24-,28?,30+/m0/s1. The van der Waals surface area contributed by atoms with Crippen LogP contribution in [-0.4, -0.2) is 51.3 Å². The van der Waals surface area contributed by atoms with E-state index in [1.54, 1.807) is 37.4 Å². The summed E-state index contributed by atoms with van der Waals surface area (Å²) < 4.78 is 42.2. The van der Waals surface area contributed by atoms with Crippen molar-refractivity contribution in [2.24, 2.45) is 5.73 Å². The van der Waals surface area contributed by atoms with Crippen LogP contribution in [-0.2, 0) is 26.3 Å². The number of nitrogens with zero attached hydrogens (tertiary/aromatic N) is 3. The van der Waals surface area contributed by atoms with Crippen LogP contribution in [0.1, 0.15) is 50.2 Å². The van der Waals surface area contributed by atoms with E-state index in [1.807, 2.05) is 12.1 Å². The molecule has 42 heavy (non-hydrogen) atoms. The summed E-state index contributed by atoms with van der Waals surface area (Å²) >= 11 is 0. The van der Waals surface area contributed by atoms with Crippen LogP contribution < -0.4 is 21.3 Å². The Morgan fingerprint density at radius 2 is 1.95 bits per heavy atom. The van der Waals surface area contributed by atoms with Gasteiger partial charge in [0, 0.05) is 43.3 Å². The van der Waals surface area contributed by atoms with Gasteiger partial charge in [0.25, 0.3) is 17.7 Å². The molecule has 9 nitrogen and oxygen atoms in total. The second-order valence-electron chi connectivity index (χ2n) is 11.6. The first kappa shape index (κ1) is 27.8. The van der Waals surface area contributed by atoms with Crippen LogP contribution in [0.4, 0.5) is 18.9 Å². The quantitative estimate of drug-likeness (QED) is 0.483. The summed E-state index contributed by atoms with van der Waals surface area (Å²) in [5.74, 6) is -5.18. The highest BCUT2D eigenvalue weighted by Crippen LogP contribution is 2.47. The smallest absolute Gasteiger partial charge is 0.252 e. The minimum Gasteiger partial charge on any atom is -0.399 e. The lowest BCUT2D eigenvalue weighted by molar-refractivity contribution is -0.141. The summed E-state index contributed by atoms with van der Waals surface area (Å²) in [6.07, 6.45) is 6.83. The number of nitrogens with two attached hydrogens (primary N) is 1. The highest BCUT2D eigenvalue weighted by molar-refractivity contribution is 6.08. The number of fused-ring (bicyclic) bond motifs is 1. The molecule has 0 bridgehead atoms. The average molecular weight is 581 g/mol. The van der Waals surface area contributed by atoms with Crippen molar-refractivity contribution in [3.8, 4) is 0 Å². The highest BCUT2D eigenvalue weighted by atomic mass is 19.3. The zero-order valence-electron chi connectivity index (χ0n) is 22.9. The van der Waals surface area contributed by atoms with Crippen molar-refractivity contribution < 1.29 is 27.6 Å². The first-order valence-corrected chi connectivity index (χ1v) is 13.9. The van der Waals surface area contributed by atoms with Crippen LogP contribution in [0.25, 0.3) is 0 Å². The molecule has 0 spiro atoms. The number of nitrogens with one attached hydrogen (secondary N) is 2. The molecule has 1 aromatic heterocycles. The fourth-order valence-electron chi connectivity index (χ4n) is 6.80. The predicted octanol–water partition coefficient (Wildman–Crippen LogP) is 2.98. The van der Waals surface area contributed by atoms with E-state index >= 15 is 0 Å². The van der Waals surface area contributed by atoms with Crippen molar-refractivity contribution >= 4 is 23.4 Å². The maximum absolute atomic E-state index is 14.8. The number of carbonyl (C=O) groups excluding carboxylic acids is 3. The van der Waals surface area contributed by atoms with E-state index in [2.05, 4.69) is 15.6 Å². The van der Waals surface area contributed by atoms with Gasteiger partial charge in [-0.05, 0) is 49.5 Å². The van der Waals surface area contributed by atoms with Crippen molar-refractivity contribution in [3.05, 3.63) is 83.7 Å². The molecule has 6 rings (SSSR count). The molecule has 220 valence electrons. The zero-order chi connectivity index (χ0) is 29.9. The number of pyridine rings is 1. The number of alkyl halides is 2. The number of carbonyl (C=O) groups is 3. The molecule has 3 amide bonds. The van der Waals surface area contributed by atoms with Gasteiger partial charge in [-0.25, -0.2) is 13.2 Å². The number of allylic oxidation sites excluding steroid dienone is 1. The zero-order valence-corrected chi connectivity index (χ0v) is 22.9. The minimum absolute atomic E-state index is 0.0156. The maximum Gasteiger partial charge on any atom is 0.252 e.